The molecule has 0 aromatic carbocycles. The summed E-state index contributed by atoms with van der Waals surface area (Å²) >= 11 is 0. The van der Waals surface area contributed by atoms with Crippen molar-refractivity contribution < 1.29 is 4.84 Å². The van der Waals surface area contributed by atoms with Gasteiger partial charge < -0.3 is 0 Å². The second kappa shape index (κ2) is 9.24. The topological polar surface area (TPSA) is 35.2 Å². The zero-order valence-corrected chi connectivity index (χ0v) is 4.92. The highest BCUT2D eigenvalue weighted by atomic mass is 35.5. The predicted octanol–water partition coefficient (Wildman–Crippen LogP) is 0.322. The first kappa shape index (κ1) is 9.91. The molecule has 0 unspecified atom stereocenters. The van der Waals surface area contributed by atoms with Gasteiger partial charge in [0, 0.05) is 0 Å². The summed E-state index contributed by atoms with van der Waals surface area (Å²) < 4.78 is 0. The van der Waals surface area contributed by atoms with Gasteiger partial charge in [0.15, 0.2) is 0 Å². The molecule has 2 nitrogen and oxygen atoms in total. The summed E-state index contributed by atoms with van der Waals surface area (Å²) in [5.74, 6) is 9.83. The maximum absolute atomic E-state index is 4.61. The van der Waals surface area contributed by atoms with Crippen LogP contribution in [0, 0.1) is 11.8 Å². The molecule has 0 aliphatic heterocycles. The molecule has 0 aliphatic rings. The van der Waals surface area contributed by atoms with Gasteiger partial charge in [0.25, 0.3) is 0 Å². The van der Waals surface area contributed by atoms with Crippen LogP contribution in [0.25, 0.3) is 0 Å². The quantitative estimate of drug-likeness (QED) is 0.401. The second-order valence-corrected chi connectivity index (χ2v) is 0.738. The minimum absolute atomic E-state index is 0. The van der Waals surface area contributed by atoms with Gasteiger partial charge in [-0.2, -0.15) is 0 Å². The molecule has 0 rings (SSSR count). The van der Waals surface area contributed by atoms with Crippen molar-refractivity contribution in [1.29, 1.82) is 0 Å². The van der Waals surface area contributed by atoms with Crippen LogP contribution in [0.2, 0.25) is 0 Å². The molecule has 0 heterocycles. The first-order valence-corrected chi connectivity index (χ1v) is 1.63. The lowest BCUT2D eigenvalue weighted by molar-refractivity contribution is 0.173. The second-order valence-electron chi connectivity index (χ2n) is 0.738. The van der Waals surface area contributed by atoms with Crippen molar-refractivity contribution >= 4 is 12.4 Å². The van der Waals surface area contributed by atoms with Crippen molar-refractivity contribution in [1.82, 2.24) is 0 Å². The van der Waals surface area contributed by atoms with E-state index in [2.05, 4.69) is 22.6 Å². The largest absolute Gasteiger partial charge is 0.292 e. The van der Waals surface area contributed by atoms with E-state index in [0.29, 0.717) is 6.61 Å². The zero-order chi connectivity index (χ0) is 4.83. The SMILES string of the molecule is CC#CCON.Cl. The molecule has 0 amide bonds. The normalized spacial score (nSPS) is 5.43. The summed E-state index contributed by atoms with van der Waals surface area (Å²) in [4.78, 5) is 4.11. The van der Waals surface area contributed by atoms with Crippen molar-refractivity contribution in [2.24, 2.45) is 5.90 Å². The molecular weight excluding hydrogens is 114 g/mol. The molecular formula is C4H8ClNO. The first-order chi connectivity index (χ1) is 2.91. The van der Waals surface area contributed by atoms with E-state index in [9.17, 15) is 0 Å². The summed E-state index contributed by atoms with van der Waals surface area (Å²) in [6.07, 6.45) is 0. The van der Waals surface area contributed by atoms with E-state index in [4.69, 9.17) is 0 Å². The highest BCUT2D eigenvalue weighted by molar-refractivity contribution is 5.85. The van der Waals surface area contributed by atoms with Crippen LogP contribution >= 0.6 is 12.4 Å². The highest BCUT2D eigenvalue weighted by Gasteiger charge is 1.61. The predicted molar refractivity (Wildman–Crippen MR) is 30.8 cm³/mol. The standard InChI is InChI=1S/C4H7NO.ClH/c1-2-3-4-6-5;/h4-5H2,1H3;1H. The zero-order valence-electron chi connectivity index (χ0n) is 4.10. The molecule has 0 atom stereocenters. The summed E-state index contributed by atoms with van der Waals surface area (Å²) in [7, 11) is 0. The number of hydrogen-bond donors (Lipinski definition) is 1. The Morgan fingerprint density at radius 3 is 2.43 bits per heavy atom. The Morgan fingerprint density at radius 1 is 1.71 bits per heavy atom. The van der Waals surface area contributed by atoms with Crippen molar-refractivity contribution in [2.45, 2.75) is 6.92 Å². The van der Waals surface area contributed by atoms with Crippen molar-refractivity contribution in [2.75, 3.05) is 6.61 Å². The Labute approximate surface area is 49.4 Å². The fraction of sp³-hybridized carbons (Fsp3) is 0.500. The van der Waals surface area contributed by atoms with Gasteiger partial charge in [-0.3, -0.25) is 4.84 Å². The highest BCUT2D eigenvalue weighted by Crippen LogP contribution is 1.53. The molecule has 0 saturated heterocycles. The lowest BCUT2D eigenvalue weighted by atomic mass is 10.6. The van der Waals surface area contributed by atoms with E-state index in [1.165, 1.54) is 0 Å². The first-order valence-electron chi connectivity index (χ1n) is 1.63. The van der Waals surface area contributed by atoms with Gasteiger partial charge in [0.1, 0.15) is 6.61 Å². The van der Waals surface area contributed by atoms with Crippen molar-refractivity contribution in [3.05, 3.63) is 0 Å². The van der Waals surface area contributed by atoms with Crippen LogP contribution in [0.4, 0.5) is 0 Å². The summed E-state index contributed by atoms with van der Waals surface area (Å²) in [6.45, 7) is 2.06. The third-order valence-electron chi connectivity index (χ3n) is 0.332. The molecule has 0 aliphatic carbocycles. The van der Waals surface area contributed by atoms with Gasteiger partial charge in [0.05, 0.1) is 0 Å². The number of hydrogen-bond acceptors (Lipinski definition) is 2. The minimum Gasteiger partial charge on any atom is -0.292 e. The van der Waals surface area contributed by atoms with Gasteiger partial charge in [-0.1, -0.05) is 5.92 Å². The van der Waals surface area contributed by atoms with E-state index in [-0.39, 0.29) is 12.4 Å². The molecule has 0 spiro atoms. The molecule has 0 aromatic heterocycles. The van der Waals surface area contributed by atoms with Crippen LogP contribution in [0.5, 0.6) is 0 Å². The molecule has 7 heavy (non-hydrogen) atoms. The maximum Gasteiger partial charge on any atom is 0.128 e. The average Bonchev–Trinajstić information content (AvgIpc) is 1.61. The minimum atomic E-state index is 0. The van der Waals surface area contributed by atoms with E-state index in [1.54, 1.807) is 6.92 Å². The molecule has 3 heteroatoms. The Hall–Kier alpha value is -0.230. The fourth-order valence-electron chi connectivity index (χ4n) is 0.114. The smallest absolute Gasteiger partial charge is 0.128 e. The number of rotatable bonds is 1. The summed E-state index contributed by atoms with van der Waals surface area (Å²) in [5.41, 5.74) is 0. The molecule has 0 fully saturated rings. The van der Waals surface area contributed by atoms with E-state index in [1.807, 2.05) is 0 Å². The van der Waals surface area contributed by atoms with Gasteiger partial charge in [0.2, 0.25) is 0 Å². The monoisotopic (exact) mass is 121 g/mol. The summed E-state index contributed by atoms with van der Waals surface area (Å²) in [6, 6.07) is 0. The van der Waals surface area contributed by atoms with Crippen LogP contribution in [-0.2, 0) is 4.84 Å². The van der Waals surface area contributed by atoms with E-state index in [0.717, 1.165) is 0 Å². The lowest BCUT2D eigenvalue weighted by Crippen LogP contribution is -1.97. The van der Waals surface area contributed by atoms with Gasteiger partial charge in [-0.25, -0.2) is 5.90 Å². The lowest BCUT2D eigenvalue weighted by Gasteiger charge is -1.77. The maximum atomic E-state index is 4.61. The Bertz CT molecular complexity index is 73.5. The number of nitrogens with two attached hydrogens (primary N) is 1. The van der Waals surface area contributed by atoms with Crippen molar-refractivity contribution in [3.8, 4) is 11.8 Å². The van der Waals surface area contributed by atoms with Gasteiger partial charge in [-0.05, 0) is 6.92 Å². The van der Waals surface area contributed by atoms with Gasteiger partial charge in [-0.15, -0.1) is 18.3 Å². The average molecular weight is 122 g/mol. The third kappa shape index (κ3) is 10.7. The Kier molecular flexibility index (Phi) is 13.1. The van der Waals surface area contributed by atoms with Crippen LogP contribution in [0.15, 0.2) is 0 Å². The molecule has 0 bridgehead atoms. The molecule has 0 saturated carbocycles. The van der Waals surface area contributed by atoms with Crippen LogP contribution in [0.3, 0.4) is 0 Å². The fourth-order valence-corrected chi connectivity index (χ4v) is 0.114. The molecule has 2 N–H and O–H groups in total. The van der Waals surface area contributed by atoms with Gasteiger partial charge >= 0.3 is 0 Å². The Morgan fingerprint density at radius 2 is 2.29 bits per heavy atom. The van der Waals surface area contributed by atoms with Crippen LogP contribution in [-0.4, -0.2) is 6.61 Å². The van der Waals surface area contributed by atoms with E-state index < -0.39 is 0 Å². The van der Waals surface area contributed by atoms with Crippen LogP contribution < -0.4 is 5.90 Å². The van der Waals surface area contributed by atoms with Crippen molar-refractivity contribution in [3.63, 3.8) is 0 Å². The Balaban J connectivity index is 0. The molecule has 0 aromatic rings. The molecule has 42 valence electrons. The summed E-state index contributed by atoms with van der Waals surface area (Å²) in [5, 5.41) is 0. The van der Waals surface area contributed by atoms with E-state index >= 15 is 0 Å². The number of halogens is 1. The van der Waals surface area contributed by atoms with Crippen LogP contribution in [0.1, 0.15) is 6.92 Å². The molecule has 0 radical (unpaired) electrons. The third-order valence-corrected chi connectivity index (χ3v) is 0.332.